The summed E-state index contributed by atoms with van der Waals surface area (Å²) in [6.07, 6.45) is 2.08. The van der Waals surface area contributed by atoms with Crippen molar-refractivity contribution < 1.29 is 0 Å². The molecule has 0 amide bonds. The second kappa shape index (κ2) is 53.2. The highest BCUT2D eigenvalue weighted by atomic mass is 13.7. The van der Waals surface area contributed by atoms with E-state index in [-0.39, 0.29) is 0 Å². The average Bonchev–Trinajstić information content (AvgIpc) is 2.15. The fourth-order valence-electron chi connectivity index (χ4n) is 0. The van der Waals surface area contributed by atoms with E-state index in [1.807, 2.05) is 48.5 Å². The van der Waals surface area contributed by atoms with Gasteiger partial charge in [-0.25, -0.2) is 0 Å². The Kier molecular flexibility index (Phi) is 108. The highest BCUT2D eigenvalue weighted by molar-refractivity contribution is 4.88. The van der Waals surface area contributed by atoms with Gasteiger partial charge in [-0.1, -0.05) is 53.2 Å². The molecular formula is C11H28. The highest BCUT2D eigenvalue weighted by Crippen LogP contribution is 1.82. The summed E-state index contributed by atoms with van der Waals surface area (Å²) in [6, 6.07) is 0. The quantitative estimate of drug-likeness (QED) is 0.435. The number of allylic oxidation sites excluding steroid dienone is 2. The molecule has 0 bridgehead atoms. The van der Waals surface area contributed by atoms with Gasteiger partial charge in [-0.2, -0.15) is 0 Å². The van der Waals surface area contributed by atoms with Gasteiger partial charge < -0.3 is 0 Å². The Labute approximate surface area is 74.7 Å². The van der Waals surface area contributed by atoms with Crippen LogP contribution in [0.15, 0.2) is 11.6 Å². The SMILES string of the molecule is CC.CC.CC.CC=C(C)C. The Hall–Kier alpha value is -0.260. The molecule has 0 atom stereocenters. The summed E-state index contributed by atoms with van der Waals surface area (Å²) in [6.45, 7) is 18.2. The molecule has 0 aliphatic rings. The average molecular weight is 160 g/mol. The zero-order valence-electron chi connectivity index (χ0n) is 10.1. The molecule has 0 unspecified atom stereocenters. The van der Waals surface area contributed by atoms with Gasteiger partial charge in [-0.05, 0) is 20.8 Å². The van der Waals surface area contributed by atoms with E-state index in [4.69, 9.17) is 0 Å². The largest absolute Gasteiger partial charge is 0.0890 e. The molecule has 0 fully saturated rings. The summed E-state index contributed by atoms with van der Waals surface area (Å²) in [5.41, 5.74) is 1.38. The topological polar surface area (TPSA) is 0 Å². The Balaban J connectivity index is -0.0000000350. The predicted molar refractivity (Wildman–Crippen MR) is 59.1 cm³/mol. The molecule has 0 saturated carbocycles. The van der Waals surface area contributed by atoms with Crippen LogP contribution in [-0.2, 0) is 0 Å². The molecule has 0 spiro atoms. The smallest absolute Gasteiger partial charge is 0.0442 e. The second-order valence-corrected chi connectivity index (χ2v) is 1.37. The zero-order valence-corrected chi connectivity index (χ0v) is 10.1. The van der Waals surface area contributed by atoms with Crippen LogP contribution in [0.5, 0.6) is 0 Å². The lowest BCUT2D eigenvalue weighted by atomic mass is 10.3. The predicted octanol–water partition coefficient (Wildman–Crippen LogP) is 5.05. The van der Waals surface area contributed by atoms with Gasteiger partial charge >= 0.3 is 0 Å². The van der Waals surface area contributed by atoms with Crippen LogP contribution in [0.3, 0.4) is 0 Å². The molecule has 11 heavy (non-hydrogen) atoms. The van der Waals surface area contributed by atoms with Crippen molar-refractivity contribution in [2.24, 2.45) is 0 Å². The monoisotopic (exact) mass is 160 g/mol. The van der Waals surface area contributed by atoms with E-state index in [0.717, 1.165) is 0 Å². The van der Waals surface area contributed by atoms with E-state index in [0.29, 0.717) is 0 Å². The maximum atomic E-state index is 2.08. The number of hydrogen-bond acceptors (Lipinski definition) is 0. The van der Waals surface area contributed by atoms with E-state index in [2.05, 4.69) is 19.9 Å². The van der Waals surface area contributed by atoms with Crippen molar-refractivity contribution in [1.29, 1.82) is 0 Å². The normalized spacial score (nSPS) is 4.82. The van der Waals surface area contributed by atoms with Crippen molar-refractivity contribution in [2.45, 2.75) is 62.3 Å². The summed E-state index contributed by atoms with van der Waals surface area (Å²) < 4.78 is 0. The van der Waals surface area contributed by atoms with Gasteiger partial charge in [0.05, 0.1) is 0 Å². The van der Waals surface area contributed by atoms with E-state index >= 15 is 0 Å². The molecule has 0 rings (SSSR count). The molecule has 72 valence electrons. The minimum atomic E-state index is 1.38. The van der Waals surface area contributed by atoms with Gasteiger partial charge in [-0.3, -0.25) is 0 Å². The van der Waals surface area contributed by atoms with Gasteiger partial charge in [0.15, 0.2) is 0 Å². The zero-order chi connectivity index (χ0) is 10.3. The van der Waals surface area contributed by atoms with Gasteiger partial charge in [0.2, 0.25) is 0 Å². The van der Waals surface area contributed by atoms with Crippen LogP contribution >= 0.6 is 0 Å². The Morgan fingerprint density at radius 2 is 0.818 bits per heavy atom. The third-order valence-electron chi connectivity index (χ3n) is 0.577. The Bertz CT molecular complexity index is 38.0. The standard InChI is InChI=1S/C5H10.3C2H6/c1-4-5(2)3;3*1-2/h4H,1-3H3;3*1-2H3. The van der Waals surface area contributed by atoms with Crippen LogP contribution in [0.25, 0.3) is 0 Å². The van der Waals surface area contributed by atoms with Gasteiger partial charge in [0.1, 0.15) is 0 Å². The molecule has 0 aromatic heterocycles. The summed E-state index contributed by atoms with van der Waals surface area (Å²) in [4.78, 5) is 0. The lowest BCUT2D eigenvalue weighted by molar-refractivity contribution is 1.36. The fourth-order valence-corrected chi connectivity index (χ4v) is 0. The number of hydrogen-bond donors (Lipinski definition) is 0. The first-order valence-corrected chi connectivity index (χ1v) is 4.87. The summed E-state index contributed by atoms with van der Waals surface area (Å²) >= 11 is 0. The van der Waals surface area contributed by atoms with Gasteiger partial charge in [-0.15, -0.1) is 0 Å². The molecule has 0 nitrogen and oxygen atoms in total. The van der Waals surface area contributed by atoms with Crippen LogP contribution in [-0.4, -0.2) is 0 Å². The molecular weight excluding hydrogens is 132 g/mol. The van der Waals surface area contributed by atoms with E-state index in [1.165, 1.54) is 5.57 Å². The lowest BCUT2D eigenvalue weighted by Gasteiger charge is -1.74. The second-order valence-electron chi connectivity index (χ2n) is 1.37. The van der Waals surface area contributed by atoms with Crippen molar-refractivity contribution in [3.8, 4) is 0 Å². The van der Waals surface area contributed by atoms with Gasteiger partial charge in [0, 0.05) is 0 Å². The van der Waals surface area contributed by atoms with Crippen LogP contribution in [0, 0.1) is 0 Å². The third-order valence-corrected chi connectivity index (χ3v) is 0.577. The third kappa shape index (κ3) is 193. The molecule has 0 aromatic rings. The van der Waals surface area contributed by atoms with Crippen LogP contribution in [0.1, 0.15) is 62.3 Å². The van der Waals surface area contributed by atoms with Crippen LogP contribution in [0.2, 0.25) is 0 Å². The minimum Gasteiger partial charge on any atom is -0.0890 e. The maximum absolute atomic E-state index is 2.08. The van der Waals surface area contributed by atoms with Crippen molar-refractivity contribution in [1.82, 2.24) is 0 Å². The van der Waals surface area contributed by atoms with E-state index in [1.54, 1.807) is 0 Å². The van der Waals surface area contributed by atoms with Crippen molar-refractivity contribution >= 4 is 0 Å². The Morgan fingerprint density at radius 1 is 0.727 bits per heavy atom. The van der Waals surface area contributed by atoms with Gasteiger partial charge in [0.25, 0.3) is 0 Å². The first kappa shape index (κ1) is 22.4. The van der Waals surface area contributed by atoms with Crippen LogP contribution < -0.4 is 0 Å². The van der Waals surface area contributed by atoms with Crippen LogP contribution in [0.4, 0.5) is 0 Å². The van der Waals surface area contributed by atoms with Crippen molar-refractivity contribution in [3.05, 3.63) is 11.6 Å². The summed E-state index contributed by atoms with van der Waals surface area (Å²) in [7, 11) is 0. The molecule has 0 aromatic carbocycles. The summed E-state index contributed by atoms with van der Waals surface area (Å²) in [5, 5.41) is 0. The maximum Gasteiger partial charge on any atom is -0.0442 e. The van der Waals surface area contributed by atoms with E-state index in [9.17, 15) is 0 Å². The summed E-state index contributed by atoms with van der Waals surface area (Å²) in [5.74, 6) is 0. The Morgan fingerprint density at radius 3 is 0.818 bits per heavy atom. The lowest BCUT2D eigenvalue weighted by Crippen LogP contribution is -1.52. The van der Waals surface area contributed by atoms with E-state index < -0.39 is 0 Å². The molecule has 0 heteroatoms. The van der Waals surface area contributed by atoms with Crippen molar-refractivity contribution in [3.63, 3.8) is 0 Å². The van der Waals surface area contributed by atoms with Crippen molar-refractivity contribution in [2.75, 3.05) is 0 Å². The first-order chi connectivity index (χ1) is 5.27. The number of rotatable bonds is 0. The fraction of sp³-hybridized carbons (Fsp3) is 0.818. The first-order valence-electron chi connectivity index (χ1n) is 4.87. The highest BCUT2D eigenvalue weighted by Gasteiger charge is 1.60. The molecule has 0 aliphatic heterocycles. The molecule has 0 heterocycles. The molecule has 0 radical (unpaired) electrons. The molecule has 0 aliphatic carbocycles. The molecule has 0 N–H and O–H groups in total. The minimum absolute atomic E-state index is 1.38. The molecule has 0 saturated heterocycles.